The molecule has 3 aromatic heterocycles. The van der Waals surface area contributed by atoms with Gasteiger partial charge in [0.2, 0.25) is 0 Å². The Kier molecular flexibility index (Phi) is 5.28. The molecule has 0 aliphatic carbocycles. The van der Waals surface area contributed by atoms with E-state index in [2.05, 4.69) is 47.3 Å². The first-order chi connectivity index (χ1) is 10.4. The van der Waals surface area contributed by atoms with Crippen molar-refractivity contribution in [2.75, 3.05) is 0 Å². The fourth-order valence-corrected chi connectivity index (χ4v) is 5.44. The Hall–Kier alpha value is -0.900. The van der Waals surface area contributed by atoms with Gasteiger partial charge in [-0.3, -0.25) is 0 Å². The average Bonchev–Trinajstić information content (AvgIpc) is 3.22. The molecular formula is C18H20S3. The maximum absolute atomic E-state index is 2.32. The van der Waals surface area contributed by atoms with Crippen LogP contribution in [0.25, 0.3) is 20.2 Å². The summed E-state index contributed by atoms with van der Waals surface area (Å²) in [5.74, 6) is 0. The second kappa shape index (κ2) is 7.39. The largest absolute Gasteiger partial charge is 0.143 e. The van der Waals surface area contributed by atoms with Crippen LogP contribution in [-0.2, 0) is 6.42 Å². The molecule has 0 amide bonds. The van der Waals surface area contributed by atoms with Crippen LogP contribution in [0.4, 0.5) is 0 Å². The maximum atomic E-state index is 2.32. The Balaban J connectivity index is 1.82. The molecule has 0 fully saturated rings. The molecule has 0 atom stereocenters. The highest BCUT2D eigenvalue weighted by molar-refractivity contribution is 7.21. The summed E-state index contributed by atoms with van der Waals surface area (Å²) in [6.45, 7) is 2.27. The minimum Gasteiger partial charge on any atom is -0.143 e. The van der Waals surface area contributed by atoms with Crippen LogP contribution < -0.4 is 0 Å². The van der Waals surface area contributed by atoms with Crippen LogP contribution in [0.2, 0.25) is 0 Å². The number of hydrogen-bond acceptors (Lipinski definition) is 3. The molecule has 0 unspecified atom stereocenters. The first kappa shape index (κ1) is 15.0. The summed E-state index contributed by atoms with van der Waals surface area (Å²) in [4.78, 5) is 4.31. The predicted octanol–water partition coefficient (Wildman–Crippen LogP) is 7.33. The molecule has 110 valence electrons. The zero-order valence-corrected chi connectivity index (χ0v) is 14.8. The first-order valence-electron chi connectivity index (χ1n) is 7.58. The summed E-state index contributed by atoms with van der Waals surface area (Å²) in [6.07, 6.45) is 6.56. The normalized spacial score (nSPS) is 11.1. The predicted molar refractivity (Wildman–Crippen MR) is 98.8 cm³/mol. The molecule has 0 N–H and O–H groups in total. The van der Waals surface area contributed by atoms with Crippen molar-refractivity contribution in [1.82, 2.24) is 0 Å². The van der Waals surface area contributed by atoms with E-state index in [1.165, 1.54) is 57.9 Å². The molecule has 3 heteroatoms. The van der Waals surface area contributed by atoms with Gasteiger partial charge in [-0.15, -0.1) is 34.0 Å². The van der Waals surface area contributed by atoms with Crippen molar-refractivity contribution in [2.45, 2.75) is 39.0 Å². The summed E-state index contributed by atoms with van der Waals surface area (Å²) in [5, 5.41) is 6.64. The fourth-order valence-electron chi connectivity index (χ4n) is 2.60. The lowest BCUT2D eigenvalue weighted by atomic mass is 10.0. The number of aryl methyl sites for hydroxylation is 1. The SMILES string of the molecule is CCCCCCc1ccsc1-c1ccsc1-c1cccs1. The minimum atomic E-state index is 1.22. The summed E-state index contributed by atoms with van der Waals surface area (Å²) < 4.78 is 0. The number of unbranched alkanes of at least 4 members (excludes halogenated alkanes) is 3. The average molecular weight is 333 g/mol. The molecule has 21 heavy (non-hydrogen) atoms. The number of hydrogen-bond donors (Lipinski definition) is 0. The quantitative estimate of drug-likeness (QED) is 0.397. The number of thiophene rings is 3. The van der Waals surface area contributed by atoms with Crippen LogP contribution in [0.5, 0.6) is 0 Å². The van der Waals surface area contributed by atoms with Crippen molar-refractivity contribution in [1.29, 1.82) is 0 Å². The van der Waals surface area contributed by atoms with Gasteiger partial charge < -0.3 is 0 Å². The van der Waals surface area contributed by atoms with Gasteiger partial charge in [0.15, 0.2) is 0 Å². The highest BCUT2D eigenvalue weighted by atomic mass is 32.1. The van der Waals surface area contributed by atoms with E-state index >= 15 is 0 Å². The van der Waals surface area contributed by atoms with Crippen LogP contribution in [-0.4, -0.2) is 0 Å². The molecule has 3 heterocycles. The number of rotatable bonds is 7. The van der Waals surface area contributed by atoms with E-state index in [1.54, 1.807) is 0 Å². The van der Waals surface area contributed by atoms with Crippen molar-refractivity contribution in [3.05, 3.63) is 46.0 Å². The molecule has 0 aliphatic heterocycles. The zero-order chi connectivity index (χ0) is 14.5. The fraction of sp³-hybridized carbons (Fsp3) is 0.333. The molecule has 0 saturated heterocycles. The van der Waals surface area contributed by atoms with Crippen LogP contribution in [0.3, 0.4) is 0 Å². The van der Waals surface area contributed by atoms with Crippen molar-refractivity contribution >= 4 is 34.0 Å². The van der Waals surface area contributed by atoms with Gasteiger partial charge in [-0.25, -0.2) is 0 Å². The summed E-state index contributed by atoms with van der Waals surface area (Å²) >= 11 is 5.59. The summed E-state index contributed by atoms with van der Waals surface area (Å²) in [6, 6.07) is 8.99. The second-order valence-corrected chi connectivity index (χ2v) is 8.01. The highest BCUT2D eigenvalue weighted by Gasteiger charge is 2.14. The molecule has 0 radical (unpaired) electrons. The van der Waals surface area contributed by atoms with E-state index in [0.29, 0.717) is 0 Å². The van der Waals surface area contributed by atoms with Crippen molar-refractivity contribution in [2.24, 2.45) is 0 Å². The standard InChI is InChI=1S/C18H20S3/c1-2-3-4-5-7-14-9-12-20-17(14)15-10-13-21-18(15)16-8-6-11-19-16/h6,8-13H,2-5,7H2,1H3. The van der Waals surface area contributed by atoms with Gasteiger partial charge in [0.25, 0.3) is 0 Å². The topological polar surface area (TPSA) is 0 Å². The third-order valence-electron chi connectivity index (χ3n) is 3.70. The molecule has 0 saturated carbocycles. The van der Waals surface area contributed by atoms with Gasteiger partial charge in [-0.2, -0.15) is 0 Å². The van der Waals surface area contributed by atoms with Crippen LogP contribution in [0.15, 0.2) is 40.4 Å². The van der Waals surface area contributed by atoms with E-state index in [1.807, 2.05) is 34.0 Å². The van der Waals surface area contributed by atoms with Gasteiger partial charge in [-0.05, 0) is 52.7 Å². The molecule has 3 aromatic rings. The lowest BCUT2D eigenvalue weighted by Gasteiger charge is -2.05. The monoisotopic (exact) mass is 332 g/mol. The Morgan fingerprint density at radius 1 is 0.810 bits per heavy atom. The van der Waals surface area contributed by atoms with Crippen LogP contribution in [0, 0.1) is 0 Å². The second-order valence-electron chi connectivity index (χ2n) is 5.23. The van der Waals surface area contributed by atoms with E-state index < -0.39 is 0 Å². The van der Waals surface area contributed by atoms with E-state index in [-0.39, 0.29) is 0 Å². The Morgan fingerprint density at radius 2 is 1.67 bits per heavy atom. The third-order valence-corrected chi connectivity index (χ3v) is 6.66. The third kappa shape index (κ3) is 3.47. The van der Waals surface area contributed by atoms with Gasteiger partial charge in [0.05, 0.1) is 4.88 Å². The van der Waals surface area contributed by atoms with E-state index in [4.69, 9.17) is 0 Å². The van der Waals surface area contributed by atoms with Gasteiger partial charge in [0.1, 0.15) is 0 Å². The molecule has 0 aromatic carbocycles. The summed E-state index contributed by atoms with van der Waals surface area (Å²) in [5.41, 5.74) is 2.97. The Morgan fingerprint density at radius 3 is 2.48 bits per heavy atom. The van der Waals surface area contributed by atoms with E-state index in [0.717, 1.165) is 0 Å². The Labute approximate surface area is 139 Å². The van der Waals surface area contributed by atoms with Gasteiger partial charge in [0, 0.05) is 15.3 Å². The van der Waals surface area contributed by atoms with Crippen molar-refractivity contribution in [3.8, 4) is 20.2 Å². The van der Waals surface area contributed by atoms with Crippen molar-refractivity contribution in [3.63, 3.8) is 0 Å². The van der Waals surface area contributed by atoms with Crippen molar-refractivity contribution < 1.29 is 0 Å². The lowest BCUT2D eigenvalue weighted by Crippen LogP contribution is -1.86. The Bertz CT molecular complexity index is 658. The molecule has 3 rings (SSSR count). The highest BCUT2D eigenvalue weighted by Crippen LogP contribution is 2.42. The lowest BCUT2D eigenvalue weighted by molar-refractivity contribution is 0.668. The molecule has 0 nitrogen and oxygen atoms in total. The van der Waals surface area contributed by atoms with Gasteiger partial charge in [-0.1, -0.05) is 32.3 Å². The van der Waals surface area contributed by atoms with Gasteiger partial charge >= 0.3 is 0 Å². The van der Waals surface area contributed by atoms with Crippen LogP contribution >= 0.6 is 34.0 Å². The molecule has 0 spiro atoms. The maximum Gasteiger partial charge on any atom is 0.0529 e. The summed E-state index contributed by atoms with van der Waals surface area (Å²) in [7, 11) is 0. The minimum absolute atomic E-state index is 1.22. The first-order valence-corrected chi connectivity index (χ1v) is 10.2. The molecular weight excluding hydrogens is 312 g/mol. The zero-order valence-electron chi connectivity index (χ0n) is 12.3. The van der Waals surface area contributed by atoms with Crippen LogP contribution in [0.1, 0.15) is 38.2 Å². The van der Waals surface area contributed by atoms with E-state index in [9.17, 15) is 0 Å². The smallest absolute Gasteiger partial charge is 0.0529 e. The molecule has 0 aliphatic rings. The molecule has 0 bridgehead atoms.